The van der Waals surface area contributed by atoms with Crippen molar-refractivity contribution in [1.29, 1.82) is 0 Å². The van der Waals surface area contributed by atoms with Crippen LogP contribution >= 0.6 is 0 Å². The average Bonchev–Trinajstić information content (AvgIpc) is 3.15. The Morgan fingerprint density at radius 3 is 1.91 bits per heavy atom. The maximum Gasteiger partial charge on any atom is 0.282 e. The molecule has 0 radical (unpaired) electrons. The second kappa shape index (κ2) is 9.06. The van der Waals surface area contributed by atoms with Crippen molar-refractivity contribution in [1.82, 2.24) is 4.90 Å². The first-order valence-corrected chi connectivity index (χ1v) is 11.5. The Morgan fingerprint density at radius 1 is 0.676 bits per heavy atom. The molecule has 34 heavy (non-hydrogen) atoms. The van der Waals surface area contributed by atoms with Crippen LogP contribution in [-0.2, 0) is 9.59 Å². The number of aryl methyl sites for hydroxylation is 1. The molecule has 6 nitrogen and oxygen atoms in total. The van der Waals surface area contributed by atoms with Crippen LogP contribution in [0.5, 0.6) is 5.75 Å². The van der Waals surface area contributed by atoms with Gasteiger partial charge >= 0.3 is 0 Å². The molecule has 172 valence electrons. The highest BCUT2D eigenvalue weighted by atomic mass is 16.5. The van der Waals surface area contributed by atoms with Crippen LogP contribution in [0.25, 0.3) is 5.57 Å². The van der Waals surface area contributed by atoms with Crippen molar-refractivity contribution in [2.75, 3.05) is 43.1 Å². The topological polar surface area (TPSA) is 53.1 Å². The van der Waals surface area contributed by atoms with Gasteiger partial charge in [0.15, 0.2) is 0 Å². The Kier molecular flexibility index (Phi) is 5.80. The number of rotatable bonds is 5. The lowest BCUT2D eigenvalue weighted by atomic mass is 10.0. The van der Waals surface area contributed by atoms with Crippen LogP contribution in [0.3, 0.4) is 0 Å². The van der Waals surface area contributed by atoms with Crippen LogP contribution in [0.4, 0.5) is 11.4 Å². The first-order valence-electron chi connectivity index (χ1n) is 11.5. The van der Waals surface area contributed by atoms with Crippen LogP contribution in [0.2, 0.25) is 0 Å². The maximum absolute atomic E-state index is 13.7. The number of para-hydroxylation sites is 1. The summed E-state index contributed by atoms with van der Waals surface area (Å²) in [6, 6.07) is 25.1. The van der Waals surface area contributed by atoms with Crippen molar-refractivity contribution in [3.05, 3.63) is 95.7 Å². The number of amides is 2. The van der Waals surface area contributed by atoms with E-state index in [0.29, 0.717) is 41.4 Å². The van der Waals surface area contributed by atoms with Crippen LogP contribution in [-0.4, -0.2) is 50.0 Å². The number of carbonyl (C=O) groups excluding carboxylic acids is 2. The molecular weight excluding hydrogens is 426 g/mol. The summed E-state index contributed by atoms with van der Waals surface area (Å²) in [5, 5.41) is 0. The molecule has 2 aliphatic heterocycles. The van der Waals surface area contributed by atoms with Gasteiger partial charge in [-0.3, -0.25) is 9.59 Å². The lowest BCUT2D eigenvalue weighted by Gasteiger charge is -2.37. The van der Waals surface area contributed by atoms with Gasteiger partial charge in [-0.25, -0.2) is 4.90 Å². The molecule has 3 aromatic rings. The number of ether oxygens (including phenoxy) is 1. The summed E-state index contributed by atoms with van der Waals surface area (Å²) in [7, 11) is 1.61. The Morgan fingerprint density at radius 2 is 1.29 bits per heavy atom. The van der Waals surface area contributed by atoms with E-state index in [-0.39, 0.29) is 11.8 Å². The quantitative estimate of drug-likeness (QED) is 0.544. The van der Waals surface area contributed by atoms with E-state index in [9.17, 15) is 9.59 Å². The fourth-order valence-electron chi connectivity index (χ4n) is 4.58. The minimum atomic E-state index is -0.292. The molecule has 3 aromatic carbocycles. The van der Waals surface area contributed by atoms with E-state index in [4.69, 9.17) is 4.74 Å². The number of hydrogen-bond donors (Lipinski definition) is 0. The zero-order chi connectivity index (χ0) is 23.7. The number of methoxy groups -OCH3 is 1. The zero-order valence-corrected chi connectivity index (χ0v) is 19.4. The predicted molar refractivity (Wildman–Crippen MR) is 134 cm³/mol. The van der Waals surface area contributed by atoms with E-state index < -0.39 is 0 Å². The Hall–Kier alpha value is -4.06. The van der Waals surface area contributed by atoms with Gasteiger partial charge in [0.2, 0.25) is 0 Å². The van der Waals surface area contributed by atoms with Gasteiger partial charge in [0.1, 0.15) is 11.4 Å². The largest absolute Gasteiger partial charge is 0.497 e. The van der Waals surface area contributed by atoms with E-state index in [0.717, 1.165) is 18.7 Å². The molecule has 5 rings (SSSR count). The number of benzene rings is 3. The lowest BCUT2D eigenvalue weighted by molar-refractivity contribution is -0.120. The van der Waals surface area contributed by atoms with Gasteiger partial charge in [0.25, 0.3) is 11.8 Å². The second-order valence-corrected chi connectivity index (χ2v) is 8.54. The van der Waals surface area contributed by atoms with Crippen molar-refractivity contribution in [3.8, 4) is 5.75 Å². The number of hydrogen-bond acceptors (Lipinski definition) is 5. The van der Waals surface area contributed by atoms with Gasteiger partial charge in [-0.2, -0.15) is 0 Å². The average molecular weight is 454 g/mol. The summed E-state index contributed by atoms with van der Waals surface area (Å²) in [5.74, 6) is 0.141. The van der Waals surface area contributed by atoms with Gasteiger partial charge < -0.3 is 14.5 Å². The van der Waals surface area contributed by atoms with Crippen LogP contribution in [0.1, 0.15) is 11.1 Å². The summed E-state index contributed by atoms with van der Waals surface area (Å²) in [6.45, 7) is 4.84. The van der Waals surface area contributed by atoms with Crippen LogP contribution in [0, 0.1) is 6.92 Å². The summed E-state index contributed by atoms with van der Waals surface area (Å²) in [5.41, 5.74) is 4.47. The van der Waals surface area contributed by atoms with Crippen LogP contribution < -0.4 is 14.5 Å². The third kappa shape index (κ3) is 3.92. The van der Waals surface area contributed by atoms with Gasteiger partial charge in [-0.15, -0.1) is 0 Å². The Bertz CT molecular complexity index is 1230. The van der Waals surface area contributed by atoms with E-state index in [1.165, 1.54) is 10.6 Å². The summed E-state index contributed by atoms with van der Waals surface area (Å²) >= 11 is 0. The molecule has 0 bridgehead atoms. The van der Waals surface area contributed by atoms with Gasteiger partial charge in [0, 0.05) is 31.9 Å². The summed E-state index contributed by atoms with van der Waals surface area (Å²) in [4.78, 5) is 33.1. The molecule has 2 amide bonds. The molecule has 0 saturated carbocycles. The fraction of sp³-hybridized carbons (Fsp3) is 0.214. The minimum absolute atomic E-state index is 0.271. The Balaban J connectivity index is 1.50. The Labute approximate surface area is 199 Å². The van der Waals surface area contributed by atoms with Crippen molar-refractivity contribution >= 4 is 28.8 Å². The van der Waals surface area contributed by atoms with Crippen molar-refractivity contribution in [2.24, 2.45) is 0 Å². The third-order valence-electron chi connectivity index (χ3n) is 6.45. The first kappa shape index (κ1) is 21.8. The molecule has 1 fully saturated rings. The number of nitrogens with zero attached hydrogens (tertiary/aromatic N) is 3. The molecule has 1 saturated heterocycles. The minimum Gasteiger partial charge on any atom is -0.497 e. The second-order valence-electron chi connectivity index (χ2n) is 8.54. The number of anilines is 2. The molecule has 6 heteroatoms. The zero-order valence-electron chi connectivity index (χ0n) is 19.4. The highest BCUT2D eigenvalue weighted by Gasteiger charge is 2.43. The monoisotopic (exact) mass is 453 g/mol. The molecular formula is C28H27N3O3. The lowest BCUT2D eigenvalue weighted by Crippen LogP contribution is -2.47. The highest BCUT2D eigenvalue weighted by molar-refractivity contribution is 6.45. The fourth-order valence-corrected chi connectivity index (χ4v) is 4.58. The van der Waals surface area contributed by atoms with Crippen molar-refractivity contribution in [2.45, 2.75) is 6.92 Å². The van der Waals surface area contributed by atoms with Crippen molar-refractivity contribution < 1.29 is 14.3 Å². The normalized spacial score (nSPS) is 16.5. The van der Waals surface area contributed by atoms with E-state index in [1.54, 1.807) is 7.11 Å². The molecule has 2 heterocycles. The molecule has 0 aliphatic carbocycles. The maximum atomic E-state index is 13.7. The van der Waals surface area contributed by atoms with Gasteiger partial charge in [0.05, 0.1) is 18.4 Å². The molecule has 0 unspecified atom stereocenters. The molecule has 0 atom stereocenters. The third-order valence-corrected chi connectivity index (χ3v) is 6.45. The first-order chi connectivity index (χ1) is 16.6. The summed E-state index contributed by atoms with van der Waals surface area (Å²) < 4.78 is 5.28. The van der Waals surface area contributed by atoms with E-state index >= 15 is 0 Å². The van der Waals surface area contributed by atoms with Gasteiger partial charge in [-0.05, 0) is 48.9 Å². The smallest absolute Gasteiger partial charge is 0.282 e. The summed E-state index contributed by atoms with van der Waals surface area (Å²) in [6.07, 6.45) is 0. The van der Waals surface area contributed by atoms with Gasteiger partial charge in [-0.1, -0.05) is 48.0 Å². The number of piperazine rings is 1. The molecule has 0 aromatic heterocycles. The molecule has 0 N–H and O–H groups in total. The van der Waals surface area contributed by atoms with E-state index in [2.05, 4.69) is 21.9 Å². The van der Waals surface area contributed by atoms with E-state index in [1.807, 2.05) is 73.7 Å². The predicted octanol–water partition coefficient (Wildman–Crippen LogP) is 4.11. The number of carbonyl (C=O) groups is 2. The standard InChI is InChI=1S/C28H27N3O3/c1-20-8-12-23(13-9-20)31-27(32)25(21-10-14-24(34-2)15-11-21)26(28(31)33)30-18-16-29(17-19-30)22-6-4-3-5-7-22/h3-15H,16-19H2,1-2H3. The number of imide groups is 1. The SMILES string of the molecule is COc1ccc(C2=C(N3CCN(c4ccccc4)CC3)C(=O)N(c3ccc(C)cc3)C2=O)cc1. The van der Waals surface area contributed by atoms with Crippen molar-refractivity contribution in [3.63, 3.8) is 0 Å². The highest BCUT2D eigenvalue weighted by Crippen LogP contribution is 2.36. The molecule has 2 aliphatic rings. The van der Waals surface area contributed by atoms with Crippen LogP contribution in [0.15, 0.2) is 84.6 Å². The molecule has 0 spiro atoms.